The third-order valence-corrected chi connectivity index (χ3v) is 9.57. The number of hydrogen-bond donors (Lipinski definition) is 1. The fourth-order valence-corrected chi connectivity index (χ4v) is 8.28. The van der Waals surface area contributed by atoms with Gasteiger partial charge in [0, 0.05) is 12.6 Å². The lowest BCUT2D eigenvalue weighted by Crippen LogP contribution is -2.56. The molecule has 4 aliphatic rings. The van der Waals surface area contributed by atoms with Crippen LogP contribution in [-0.4, -0.2) is 36.9 Å². The molecule has 1 amide bonds. The average Bonchev–Trinajstić information content (AvgIpc) is 3.23. The Labute approximate surface area is 203 Å². The van der Waals surface area contributed by atoms with Crippen LogP contribution in [0.4, 0.5) is 0 Å². The molecule has 0 aliphatic heterocycles. The minimum absolute atomic E-state index is 0.0453. The standard InChI is InChI=1S/C26H33N5O2S/c1-3-8-30-23(33)20-6-4-5-7-21(20)31-24(30)28-29-25(31)34-15-22(32)27-16(2)26-12-17-9-18(13-26)11-19(10-17)14-26/h4-7,16-19H,3,8-15H2,1-2H3,(H,27,32). The number of hydrogen-bond acceptors (Lipinski definition) is 5. The number of carbonyl (C=O) groups is 1. The molecular formula is C26H33N5O2S. The molecule has 34 heavy (non-hydrogen) atoms. The fraction of sp³-hybridized carbons (Fsp3) is 0.615. The van der Waals surface area contributed by atoms with Crippen LogP contribution in [0.2, 0.25) is 0 Å². The maximum Gasteiger partial charge on any atom is 0.262 e. The van der Waals surface area contributed by atoms with Gasteiger partial charge in [-0.05, 0) is 87.2 Å². The van der Waals surface area contributed by atoms with Gasteiger partial charge in [-0.1, -0.05) is 30.8 Å². The first-order valence-corrected chi connectivity index (χ1v) is 13.7. The molecule has 4 aliphatic carbocycles. The van der Waals surface area contributed by atoms with E-state index in [1.54, 1.807) is 4.57 Å². The highest BCUT2D eigenvalue weighted by atomic mass is 32.2. The Bertz CT molecular complexity index is 1280. The minimum atomic E-state index is -0.0453. The highest BCUT2D eigenvalue weighted by molar-refractivity contribution is 7.99. The molecular weight excluding hydrogens is 446 g/mol. The molecule has 2 aromatic heterocycles. The van der Waals surface area contributed by atoms with Gasteiger partial charge in [0.25, 0.3) is 5.56 Å². The highest BCUT2D eigenvalue weighted by Crippen LogP contribution is 2.61. The van der Waals surface area contributed by atoms with Crippen LogP contribution in [0.3, 0.4) is 0 Å². The number of benzene rings is 1. The van der Waals surface area contributed by atoms with Gasteiger partial charge in [-0.2, -0.15) is 0 Å². The molecule has 4 bridgehead atoms. The normalized spacial score (nSPS) is 28.6. The molecule has 1 N–H and O–H groups in total. The molecule has 4 fully saturated rings. The average molecular weight is 480 g/mol. The lowest BCUT2D eigenvalue weighted by Gasteiger charge is -2.59. The third-order valence-electron chi connectivity index (χ3n) is 8.64. The molecule has 1 unspecified atom stereocenters. The Morgan fingerprint density at radius 3 is 2.50 bits per heavy atom. The molecule has 1 atom stereocenters. The Hall–Kier alpha value is -2.35. The summed E-state index contributed by atoms with van der Waals surface area (Å²) in [6.45, 7) is 4.84. The SMILES string of the molecule is CCCn1c(=O)c2ccccc2n2c(SCC(=O)NC(C)C34CC5CC(CC(C5)C3)C4)nnc12. The lowest BCUT2D eigenvalue weighted by molar-refractivity contribution is -0.123. The number of fused-ring (bicyclic) bond motifs is 3. The number of rotatable bonds is 7. The summed E-state index contributed by atoms with van der Waals surface area (Å²) < 4.78 is 3.61. The summed E-state index contributed by atoms with van der Waals surface area (Å²) in [6.07, 6.45) is 8.90. The summed E-state index contributed by atoms with van der Waals surface area (Å²) in [4.78, 5) is 26.0. The summed E-state index contributed by atoms with van der Waals surface area (Å²) in [5, 5.41) is 13.4. The van der Waals surface area contributed by atoms with E-state index in [9.17, 15) is 9.59 Å². The van der Waals surface area contributed by atoms with Crippen LogP contribution >= 0.6 is 11.8 Å². The van der Waals surface area contributed by atoms with E-state index < -0.39 is 0 Å². The zero-order chi connectivity index (χ0) is 23.4. The second kappa shape index (κ2) is 8.40. The fourth-order valence-electron chi connectivity index (χ4n) is 7.53. The van der Waals surface area contributed by atoms with Crippen LogP contribution in [0.5, 0.6) is 0 Å². The Balaban J connectivity index is 1.21. The van der Waals surface area contributed by atoms with Gasteiger partial charge in [0.1, 0.15) is 0 Å². The molecule has 3 aromatic rings. The van der Waals surface area contributed by atoms with Crippen LogP contribution < -0.4 is 10.9 Å². The van der Waals surface area contributed by atoms with Crippen molar-refractivity contribution in [2.24, 2.45) is 23.2 Å². The van der Waals surface area contributed by atoms with E-state index in [-0.39, 0.29) is 17.5 Å². The van der Waals surface area contributed by atoms with Crippen molar-refractivity contribution in [3.8, 4) is 0 Å². The van der Waals surface area contributed by atoms with Crippen molar-refractivity contribution < 1.29 is 4.79 Å². The zero-order valence-corrected chi connectivity index (χ0v) is 20.8. The quantitative estimate of drug-likeness (QED) is 0.512. The minimum Gasteiger partial charge on any atom is -0.352 e. The van der Waals surface area contributed by atoms with Crippen molar-refractivity contribution in [2.45, 2.75) is 76.5 Å². The Kier molecular flexibility index (Phi) is 5.47. The molecule has 4 saturated carbocycles. The van der Waals surface area contributed by atoms with Gasteiger partial charge < -0.3 is 5.32 Å². The second-order valence-electron chi connectivity index (χ2n) is 10.9. The number of carbonyl (C=O) groups excluding carboxylic acids is 1. The number of nitrogens with zero attached hydrogens (tertiary/aromatic N) is 4. The van der Waals surface area contributed by atoms with Crippen LogP contribution in [0.25, 0.3) is 16.7 Å². The van der Waals surface area contributed by atoms with E-state index >= 15 is 0 Å². The van der Waals surface area contributed by atoms with Crippen molar-refractivity contribution in [3.05, 3.63) is 34.6 Å². The molecule has 7 rings (SSSR count). The van der Waals surface area contributed by atoms with E-state index in [1.807, 2.05) is 35.6 Å². The maximum atomic E-state index is 13.0. The van der Waals surface area contributed by atoms with Gasteiger partial charge in [-0.3, -0.25) is 18.6 Å². The summed E-state index contributed by atoms with van der Waals surface area (Å²) in [5.74, 6) is 3.49. The van der Waals surface area contributed by atoms with Gasteiger partial charge >= 0.3 is 0 Å². The van der Waals surface area contributed by atoms with Gasteiger partial charge in [-0.25, -0.2) is 0 Å². The van der Waals surface area contributed by atoms with E-state index in [1.165, 1.54) is 50.3 Å². The van der Waals surface area contributed by atoms with Crippen molar-refractivity contribution in [3.63, 3.8) is 0 Å². The predicted molar refractivity (Wildman–Crippen MR) is 134 cm³/mol. The molecule has 180 valence electrons. The molecule has 0 spiro atoms. The number of amides is 1. The van der Waals surface area contributed by atoms with Gasteiger partial charge in [0.2, 0.25) is 11.7 Å². The molecule has 8 heteroatoms. The number of thioether (sulfide) groups is 1. The number of nitrogens with one attached hydrogen (secondary N) is 1. The summed E-state index contributed by atoms with van der Waals surface area (Å²) in [6, 6.07) is 7.77. The third kappa shape index (κ3) is 3.56. The van der Waals surface area contributed by atoms with E-state index in [2.05, 4.69) is 22.4 Å². The van der Waals surface area contributed by atoms with Gasteiger partial charge in [0.15, 0.2) is 5.16 Å². The summed E-state index contributed by atoms with van der Waals surface area (Å²) in [7, 11) is 0. The first-order chi connectivity index (χ1) is 16.5. The van der Waals surface area contributed by atoms with Crippen LogP contribution in [-0.2, 0) is 11.3 Å². The molecule has 7 nitrogen and oxygen atoms in total. The first kappa shape index (κ1) is 22.1. The first-order valence-electron chi connectivity index (χ1n) is 12.8. The largest absolute Gasteiger partial charge is 0.352 e. The maximum absolute atomic E-state index is 13.0. The molecule has 2 heterocycles. The molecule has 0 radical (unpaired) electrons. The Morgan fingerprint density at radius 1 is 1.15 bits per heavy atom. The monoisotopic (exact) mass is 479 g/mol. The van der Waals surface area contributed by atoms with Crippen LogP contribution in [0.15, 0.2) is 34.2 Å². The lowest BCUT2D eigenvalue weighted by atomic mass is 9.48. The summed E-state index contributed by atoms with van der Waals surface area (Å²) in [5.41, 5.74) is 1.03. The van der Waals surface area contributed by atoms with Crippen LogP contribution in [0.1, 0.15) is 58.8 Å². The van der Waals surface area contributed by atoms with E-state index in [4.69, 9.17) is 0 Å². The van der Waals surface area contributed by atoms with E-state index in [0.717, 1.165) is 29.7 Å². The zero-order valence-electron chi connectivity index (χ0n) is 20.0. The Morgan fingerprint density at radius 2 is 1.82 bits per heavy atom. The molecule has 0 saturated heterocycles. The van der Waals surface area contributed by atoms with E-state index in [0.29, 0.717) is 34.0 Å². The molecule has 1 aromatic carbocycles. The van der Waals surface area contributed by atoms with Crippen molar-refractivity contribution >= 4 is 34.3 Å². The van der Waals surface area contributed by atoms with Crippen LogP contribution in [0, 0.1) is 23.2 Å². The smallest absolute Gasteiger partial charge is 0.262 e. The number of aromatic nitrogens is 4. The summed E-state index contributed by atoms with van der Waals surface area (Å²) >= 11 is 1.39. The van der Waals surface area contributed by atoms with Gasteiger partial charge in [0.05, 0.1) is 16.7 Å². The van der Waals surface area contributed by atoms with Crippen molar-refractivity contribution in [2.75, 3.05) is 5.75 Å². The number of para-hydroxylation sites is 1. The highest BCUT2D eigenvalue weighted by Gasteiger charge is 2.53. The number of aryl methyl sites for hydroxylation is 1. The predicted octanol–water partition coefficient (Wildman–Crippen LogP) is 4.27. The van der Waals surface area contributed by atoms with Crippen molar-refractivity contribution in [1.82, 2.24) is 24.5 Å². The topological polar surface area (TPSA) is 81.3 Å². The van der Waals surface area contributed by atoms with Crippen molar-refractivity contribution in [1.29, 1.82) is 0 Å². The second-order valence-corrected chi connectivity index (χ2v) is 11.9. The van der Waals surface area contributed by atoms with Gasteiger partial charge in [-0.15, -0.1) is 10.2 Å².